The van der Waals surface area contributed by atoms with Gasteiger partial charge in [0.2, 0.25) is 11.8 Å². The summed E-state index contributed by atoms with van der Waals surface area (Å²) < 4.78 is 10.4. The third-order valence-electron chi connectivity index (χ3n) is 6.41. The molecule has 0 bridgehead atoms. The quantitative estimate of drug-likeness (QED) is 0.259. The lowest BCUT2D eigenvalue weighted by Gasteiger charge is -2.35. The number of alkyl carbamates (subject to hydrolysis) is 1. The average Bonchev–Trinajstić information content (AvgIpc) is 3.76. The third kappa shape index (κ3) is 9.54. The molecule has 10 heteroatoms. The number of carbonyl (C=O) groups excluding carboxylic acids is 4. The number of nitrogens with zero attached hydrogens (tertiary/aromatic N) is 1. The molecule has 0 radical (unpaired) electrons. The molecule has 42 heavy (non-hydrogen) atoms. The number of carbonyl (C=O) groups is 4. The standard InChI is InChI=1S/C32H39N3O7/c1-6-21-8-12-23(13-9-21)28(29(38)33-19-18-27(37)41-7-2)35(24-14-15-24)30(39)26(34-31(40)42-32(3,4)5)20-22-10-16-25(36)17-11-22/h1,8-13,16-17,24,26,28,36H,7,14-15,18-20H2,2-5H3,(H,33,38)(H,34,40). The zero-order chi connectivity index (χ0) is 30.9. The topological polar surface area (TPSA) is 134 Å². The van der Waals surface area contributed by atoms with Crippen LogP contribution in [0.5, 0.6) is 5.75 Å². The molecular weight excluding hydrogens is 538 g/mol. The molecule has 0 spiro atoms. The van der Waals surface area contributed by atoms with Crippen LogP contribution < -0.4 is 10.6 Å². The van der Waals surface area contributed by atoms with Gasteiger partial charge in [-0.15, -0.1) is 6.42 Å². The highest BCUT2D eigenvalue weighted by Crippen LogP contribution is 2.36. The van der Waals surface area contributed by atoms with Crippen molar-refractivity contribution in [2.45, 2.75) is 77.1 Å². The first-order valence-electron chi connectivity index (χ1n) is 14.0. The molecule has 3 rings (SSSR count). The van der Waals surface area contributed by atoms with Gasteiger partial charge in [0.15, 0.2) is 0 Å². The summed E-state index contributed by atoms with van der Waals surface area (Å²) in [6.45, 7) is 7.11. The van der Waals surface area contributed by atoms with Crippen molar-refractivity contribution in [2.75, 3.05) is 13.2 Å². The first-order valence-corrected chi connectivity index (χ1v) is 14.0. The van der Waals surface area contributed by atoms with Crippen molar-refractivity contribution in [1.29, 1.82) is 0 Å². The fourth-order valence-electron chi connectivity index (χ4n) is 4.39. The highest BCUT2D eigenvalue weighted by molar-refractivity contribution is 5.93. The predicted octanol–water partition coefficient (Wildman–Crippen LogP) is 3.61. The van der Waals surface area contributed by atoms with E-state index in [9.17, 15) is 24.3 Å². The minimum Gasteiger partial charge on any atom is -0.508 e. The van der Waals surface area contributed by atoms with Gasteiger partial charge in [0.05, 0.1) is 13.0 Å². The van der Waals surface area contributed by atoms with Gasteiger partial charge < -0.3 is 30.1 Å². The first-order chi connectivity index (χ1) is 19.9. The third-order valence-corrected chi connectivity index (χ3v) is 6.41. The Balaban J connectivity index is 1.96. The van der Waals surface area contributed by atoms with Gasteiger partial charge in [0, 0.05) is 24.6 Å². The molecule has 0 heterocycles. The highest BCUT2D eigenvalue weighted by atomic mass is 16.6. The zero-order valence-electron chi connectivity index (χ0n) is 24.5. The molecule has 1 aliphatic carbocycles. The van der Waals surface area contributed by atoms with E-state index in [1.54, 1.807) is 64.1 Å². The van der Waals surface area contributed by atoms with Gasteiger partial charge in [-0.1, -0.05) is 30.2 Å². The molecule has 1 fully saturated rings. The normalized spacial score (nSPS) is 14.1. The van der Waals surface area contributed by atoms with Crippen LogP contribution in [-0.2, 0) is 30.3 Å². The van der Waals surface area contributed by atoms with Gasteiger partial charge in [-0.25, -0.2) is 4.79 Å². The minimum atomic E-state index is -1.08. The number of phenols is 1. The molecule has 0 aromatic heterocycles. The molecule has 2 aromatic carbocycles. The monoisotopic (exact) mass is 577 g/mol. The summed E-state index contributed by atoms with van der Waals surface area (Å²) in [6.07, 6.45) is 6.18. The van der Waals surface area contributed by atoms with Crippen LogP contribution >= 0.6 is 0 Å². The molecule has 2 aromatic rings. The van der Waals surface area contributed by atoms with Gasteiger partial charge in [-0.2, -0.15) is 0 Å². The van der Waals surface area contributed by atoms with Crippen LogP contribution in [0.15, 0.2) is 48.5 Å². The average molecular weight is 578 g/mol. The van der Waals surface area contributed by atoms with E-state index in [0.29, 0.717) is 29.5 Å². The number of esters is 1. The molecule has 2 unspecified atom stereocenters. The lowest BCUT2D eigenvalue weighted by Crippen LogP contribution is -2.54. The Morgan fingerprint density at radius 2 is 1.71 bits per heavy atom. The number of ether oxygens (including phenoxy) is 2. The lowest BCUT2D eigenvalue weighted by atomic mass is 9.99. The number of aromatic hydroxyl groups is 1. The van der Waals surface area contributed by atoms with E-state index in [-0.39, 0.29) is 37.8 Å². The van der Waals surface area contributed by atoms with Crippen LogP contribution in [0.3, 0.4) is 0 Å². The van der Waals surface area contributed by atoms with Gasteiger partial charge in [0.1, 0.15) is 23.4 Å². The van der Waals surface area contributed by atoms with Gasteiger partial charge >= 0.3 is 12.1 Å². The SMILES string of the molecule is C#Cc1ccc(C(C(=O)NCCC(=O)OCC)N(C(=O)C(Cc2ccc(O)cc2)NC(=O)OC(C)(C)C)C2CC2)cc1. The van der Waals surface area contributed by atoms with E-state index < -0.39 is 41.6 Å². The number of benzene rings is 2. The fraction of sp³-hybridized carbons (Fsp3) is 0.438. The van der Waals surface area contributed by atoms with E-state index in [4.69, 9.17) is 15.9 Å². The van der Waals surface area contributed by atoms with Crippen molar-refractivity contribution in [3.63, 3.8) is 0 Å². The molecule has 0 saturated heterocycles. The highest BCUT2D eigenvalue weighted by Gasteiger charge is 2.44. The Kier molecular flexibility index (Phi) is 11.0. The van der Waals surface area contributed by atoms with Crippen molar-refractivity contribution < 1.29 is 33.8 Å². The second-order valence-corrected chi connectivity index (χ2v) is 11.1. The first kappa shape index (κ1) is 32.0. The van der Waals surface area contributed by atoms with Crippen LogP contribution in [0, 0.1) is 12.3 Å². The summed E-state index contributed by atoms with van der Waals surface area (Å²) in [4.78, 5) is 54.2. The molecule has 2 atom stereocenters. The van der Waals surface area contributed by atoms with Crippen molar-refractivity contribution in [2.24, 2.45) is 0 Å². The second-order valence-electron chi connectivity index (χ2n) is 11.1. The van der Waals surface area contributed by atoms with Crippen molar-refractivity contribution >= 4 is 23.9 Å². The Morgan fingerprint density at radius 3 is 2.26 bits per heavy atom. The second kappa shape index (κ2) is 14.4. The van der Waals surface area contributed by atoms with Crippen molar-refractivity contribution in [3.8, 4) is 18.1 Å². The van der Waals surface area contributed by atoms with Crippen LogP contribution in [-0.4, -0.2) is 64.7 Å². The van der Waals surface area contributed by atoms with Crippen LogP contribution in [0.2, 0.25) is 0 Å². The Morgan fingerprint density at radius 1 is 1.07 bits per heavy atom. The Hall–Kier alpha value is -4.52. The predicted molar refractivity (Wildman–Crippen MR) is 156 cm³/mol. The minimum absolute atomic E-state index is 0.0242. The molecular formula is C32H39N3O7. The zero-order valence-corrected chi connectivity index (χ0v) is 24.5. The van der Waals surface area contributed by atoms with E-state index in [1.807, 2.05) is 0 Å². The fourth-order valence-corrected chi connectivity index (χ4v) is 4.39. The van der Waals surface area contributed by atoms with Gasteiger partial charge in [-0.05, 0) is 75.9 Å². The molecule has 224 valence electrons. The van der Waals surface area contributed by atoms with Crippen molar-refractivity contribution in [3.05, 3.63) is 65.2 Å². The van der Waals surface area contributed by atoms with Crippen LogP contribution in [0.4, 0.5) is 4.79 Å². The van der Waals surface area contributed by atoms with E-state index in [2.05, 4.69) is 16.6 Å². The molecule has 3 N–H and O–H groups in total. The maximum Gasteiger partial charge on any atom is 0.408 e. The van der Waals surface area contributed by atoms with Gasteiger partial charge in [0.25, 0.3) is 0 Å². The van der Waals surface area contributed by atoms with Crippen LogP contribution in [0.25, 0.3) is 0 Å². The Bertz CT molecular complexity index is 1290. The molecule has 3 amide bonds. The Labute approximate surface area is 246 Å². The number of hydrogen-bond acceptors (Lipinski definition) is 7. The molecule has 10 nitrogen and oxygen atoms in total. The number of amides is 3. The summed E-state index contributed by atoms with van der Waals surface area (Å²) in [6, 6.07) is 10.7. The molecule has 1 saturated carbocycles. The number of rotatable bonds is 12. The molecule has 1 aliphatic rings. The number of terminal acetylenes is 1. The summed E-state index contributed by atoms with van der Waals surface area (Å²) in [7, 11) is 0. The van der Waals surface area contributed by atoms with E-state index >= 15 is 0 Å². The number of hydrogen-bond donors (Lipinski definition) is 3. The van der Waals surface area contributed by atoms with Crippen molar-refractivity contribution in [1.82, 2.24) is 15.5 Å². The summed E-state index contributed by atoms with van der Waals surface area (Å²) >= 11 is 0. The van der Waals surface area contributed by atoms with Gasteiger partial charge in [-0.3, -0.25) is 14.4 Å². The summed E-state index contributed by atoms with van der Waals surface area (Å²) in [5.74, 6) is 1.22. The number of phenolic OH excluding ortho intramolecular Hbond substituents is 1. The summed E-state index contributed by atoms with van der Waals surface area (Å²) in [5, 5.41) is 15.2. The maximum atomic E-state index is 14.3. The smallest absolute Gasteiger partial charge is 0.408 e. The number of nitrogens with one attached hydrogen (secondary N) is 2. The van der Waals surface area contributed by atoms with E-state index in [0.717, 1.165) is 0 Å². The maximum absolute atomic E-state index is 14.3. The largest absolute Gasteiger partial charge is 0.508 e. The summed E-state index contributed by atoms with van der Waals surface area (Å²) in [5.41, 5.74) is 1.03. The lowest BCUT2D eigenvalue weighted by molar-refractivity contribution is -0.144. The molecule has 0 aliphatic heterocycles. The van der Waals surface area contributed by atoms with Crippen LogP contribution in [0.1, 0.15) is 69.7 Å². The van der Waals surface area contributed by atoms with E-state index in [1.165, 1.54) is 17.0 Å².